The van der Waals surface area contributed by atoms with Gasteiger partial charge in [-0.1, -0.05) is 17.7 Å². The number of carbonyl (C=O) groups excluding carboxylic acids is 1. The molecule has 124 valence electrons. The average molecular weight is 348 g/mol. The summed E-state index contributed by atoms with van der Waals surface area (Å²) in [5.74, 6) is -0.792. The smallest absolute Gasteiger partial charge is 0.339 e. The Morgan fingerprint density at radius 2 is 1.83 bits per heavy atom. The van der Waals surface area contributed by atoms with Gasteiger partial charge in [-0.2, -0.15) is 0 Å². The number of nitrogens with one attached hydrogen (secondary N) is 1. The van der Waals surface area contributed by atoms with Crippen LogP contribution >= 0.6 is 11.6 Å². The number of carboxylic acids is 1. The zero-order chi connectivity index (χ0) is 17.3. The van der Waals surface area contributed by atoms with E-state index < -0.39 is 5.97 Å². The summed E-state index contributed by atoms with van der Waals surface area (Å²) in [6, 6.07) is 8.11. The van der Waals surface area contributed by atoms with Crippen molar-refractivity contribution in [1.82, 2.24) is 5.32 Å². The van der Waals surface area contributed by atoms with Crippen LogP contribution in [-0.4, -0.2) is 37.2 Å². The van der Waals surface area contributed by atoms with Crippen LogP contribution in [0.15, 0.2) is 30.3 Å². The molecule has 3 rings (SSSR count). The number of carbonyl (C=O) groups is 2. The Morgan fingerprint density at radius 3 is 2.50 bits per heavy atom. The standard InChI is InChI=1S/C17H14ClNO5/c1-19-16(20)11-3-2-9(7-13(11)18)10-6-12(17(21)22)15-14(8-10)23-4-5-24-15/h2-3,6-8H,4-5H2,1H3,(H,19,20)(H,21,22). The van der Waals surface area contributed by atoms with Crippen molar-refractivity contribution in [3.8, 4) is 22.6 Å². The first-order valence-electron chi connectivity index (χ1n) is 7.20. The molecule has 0 aliphatic carbocycles. The molecule has 0 spiro atoms. The predicted octanol–water partition coefficient (Wildman–Crippen LogP) is 2.84. The molecule has 1 amide bonds. The number of fused-ring (bicyclic) bond motifs is 1. The first kappa shape index (κ1) is 16.1. The third-order valence-corrected chi connectivity index (χ3v) is 3.96. The fourth-order valence-corrected chi connectivity index (χ4v) is 2.76. The number of ether oxygens (including phenoxy) is 2. The second-order valence-electron chi connectivity index (χ2n) is 5.13. The summed E-state index contributed by atoms with van der Waals surface area (Å²) in [4.78, 5) is 23.2. The number of amides is 1. The molecule has 0 saturated carbocycles. The predicted molar refractivity (Wildman–Crippen MR) is 88.2 cm³/mol. The normalized spacial score (nSPS) is 12.6. The van der Waals surface area contributed by atoms with Crippen LogP contribution in [0.1, 0.15) is 20.7 Å². The van der Waals surface area contributed by atoms with E-state index in [0.717, 1.165) is 0 Å². The second kappa shape index (κ2) is 6.41. The Morgan fingerprint density at radius 1 is 1.08 bits per heavy atom. The van der Waals surface area contributed by atoms with E-state index in [-0.39, 0.29) is 22.2 Å². The summed E-state index contributed by atoms with van der Waals surface area (Å²) in [7, 11) is 1.52. The SMILES string of the molecule is CNC(=O)c1ccc(-c2cc3c(c(C(=O)O)c2)OCCO3)cc1Cl. The van der Waals surface area contributed by atoms with Crippen LogP contribution in [-0.2, 0) is 0 Å². The van der Waals surface area contributed by atoms with Crippen molar-refractivity contribution in [1.29, 1.82) is 0 Å². The first-order valence-corrected chi connectivity index (χ1v) is 7.58. The van der Waals surface area contributed by atoms with Gasteiger partial charge in [-0.15, -0.1) is 0 Å². The van der Waals surface area contributed by atoms with Gasteiger partial charge < -0.3 is 19.9 Å². The number of hydrogen-bond donors (Lipinski definition) is 2. The fourth-order valence-electron chi connectivity index (χ4n) is 2.49. The summed E-state index contributed by atoms with van der Waals surface area (Å²) in [5, 5.41) is 12.2. The molecular weight excluding hydrogens is 334 g/mol. The van der Waals surface area contributed by atoms with E-state index in [4.69, 9.17) is 21.1 Å². The van der Waals surface area contributed by atoms with Gasteiger partial charge in [-0.3, -0.25) is 4.79 Å². The van der Waals surface area contributed by atoms with Crippen LogP contribution < -0.4 is 14.8 Å². The van der Waals surface area contributed by atoms with Crippen molar-refractivity contribution in [3.63, 3.8) is 0 Å². The van der Waals surface area contributed by atoms with Gasteiger partial charge in [0.15, 0.2) is 11.5 Å². The summed E-state index contributed by atoms with van der Waals surface area (Å²) in [5.41, 5.74) is 1.65. The maximum atomic E-state index is 11.7. The molecule has 0 saturated heterocycles. The molecule has 1 heterocycles. The van der Waals surface area contributed by atoms with Crippen molar-refractivity contribution >= 4 is 23.5 Å². The van der Waals surface area contributed by atoms with Crippen molar-refractivity contribution < 1.29 is 24.2 Å². The highest BCUT2D eigenvalue weighted by atomic mass is 35.5. The third kappa shape index (κ3) is 2.88. The summed E-state index contributed by atoms with van der Waals surface area (Å²) < 4.78 is 10.9. The van der Waals surface area contributed by atoms with E-state index in [1.807, 2.05) is 0 Å². The van der Waals surface area contributed by atoms with Gasteiger partial charge in [0.1, 0.15) is 18.8 Å². The van der Waals surface area contributed by atoms with Crippen LogP contribution in [0, 0.1) is 0 Å². The summed E-state index contributed by atoms with van der Waals surface area (Å²) in [6.45, 7) is 0.658. The van der Waals surface area contributed by atoms with Crippen LogP contribution in [0.2, 0.25) is 5.02 Å². The van der Waals surface area contributed by atoms with Gasteiger partial charge in [-0.05, 0) is 35.4 Å². The monoisotopic (exact) mass is 347 g/mol. The van der Waals surface area contributed by atoms with E-state index in [1.54, 1.807) is 24.3 Å². The molecular formula is C17H14ClNO5. The van der Waals surface area contributed by atoms with Crippen molar-refractivity contribution in [2.24, 2.45) is 0 Å². The number of hydrogen-bond acceptors (Lipinski definition) is 4. The van der Waals surface area contributed by atoms with Crippen LogP contribution in [0.3, 0.4) is 0 Å². The molecule has 7 heteroatoms. The van der Waals surface area contributed by atoms with Crippen molar-refractivity contribution in [2.75, 3.05) is 20.3 Å². The first-order chi connectivity index (χ1) is 11.5. The number of carboxylic acid groups (broad SMARTS) is 1. The van der Waals surface area contributed by atoms with Gasteiger partial charge >= 0.3 is 5.97 Å². The highest BCUT2D eigenvalue weighted by Gasteiger charge is 2.22. The molecule has 0 aromatic heterocycles. The number of benzene rings is 2. The van der Waals surface area contributed by atoms with Gasteiger partial charge in [0.2, 0.25) is 0 Å². The van der Waals surface area contributed by atoms with Crippen LogP contribution in [0.4, 0.5) is 0 Å². The summed E-state index contributed by atoms with van der Waals surface area (Å²) >= 11 is 6.17. The maximum Gasteiger partial charge on any atom is 0.339 e. The third-order valence-electron chi connectivity index (χ3n) is 3.65. The number of aromatic carboxylic acids is 1. The van der Waals surface area contributed by atoms with E-state index in [1.165, 1.54) is 13.1 Å². The lowest BCUT2D eigenvalue weighted by molar-refractivity contribution is 0.0686. The fraction of sp³-hybridized carbons (Fsp3) is 0.176. The average Bonchev–Trinajstić information content (AvgIpc) is 2.59. The van der Waals surface area contributed by atoms with E-state index in [2.05, 4.69) is 5.32 Å². The van der Waals surface area contributed by atoms with Gasteiger partial charge in [0.05, 0.1) is 10.6 Å². The minimum absolute atomic E-state index is 0.0219. The Kier molecular flexibility index (Phi) is 4.31. The molecule has 2 N–H and O–H groups in total. The lowest BCUT2D eigenvalue weighted by Gasteiger charge is -2.21. The Bertz CT molecular complexity index is 834. The molecule has 0 fully saturated rings. The molecule has 0 radical (unpaired) electrons. The van der Waals surface area contributed by atoms with Gasteiger partial charge in [0.25, 0.3) is 5.91 Å². The minimum Gasteiger partial charge on any atom is -0.486 e. The largest absolute Gasteiger partial charge is 0.486 e. The second-order valence-corrected chi connectivity index (χ2v) is 5.53. The molecule has 2 aromatic rings. The zero-order valence-corrected chi connectivity index (χ0v) is 13.5. The molecule has 6 nitrogen and oxygen atoms in total. The highest BCUT2D eigenvalue weighted by molar-refractivity contribution is 6.34. The number of rotatable bonds is 3. The zero-order valence-electron chi connectivity index (χ0n) is 12.8. The van der Waals surface area contributed by atoms with E-state index in [0.29, 0.717) is 35.7 Å². The van der Waals surface area contributed by atoms with Crippen molar-refractivity contribution in [2.45, 2.75) is 0 Å². The highest BCUT2D eigenvalue weighted by Crippen LogP contribution is 2.39. The van der Waals surface area contributed by atoms with Gasteiger partial charge in [0, 0.05) is 7.05 Å². The van der Waals surface area contributed by atoms with Crippen LogP contribution in [0.5, 0.6) is 11.5 Å². The molecule has 0 atom stereocenters. The van der Waals surface area contributed by atoms with E-state index in [9.17, 15) is 14.7 Å². The Labute approximate surface area is 143 Å². The lowest BCUT2D eigenvalue weighted by Crippen LogP contribution is -2.18. The lowest BCUT2D eigenvalue weighted by atomic mass is 10.00. The maximum absolute atomic E-state index is 11.7. The van der Waals surface area contributed by atoms with Crippen LogP contribution in [0.25, 0.3) is 11.1 Å². The Hall–Kier alpha value is -2.73. The summed E-state index contributed by atoms with van der Waals surface area (Å²) in [6.07, 6.45) is 0. The molecule has 1 aliphatic rings. The topological polar surface area (TPSA) is 84.9 Å². The van der Waals surface area contributed by atoms with Gasteiger partial charge in [-0.25, -0.2) is 4.79 Å². The molecule has 0 unspecified atom stereocenters. The molecule has 2 aromatic carbocycles. The Balaban J connectivity index is 2.09. The molecule has 24 heavy (non-hydrogen) atoms. The quantitative estimate of drug-likeness (QED) is 0.891. The van der Waals surface area contributed by atoms with Crippen molar-refractivity contribution in [3.05, 3.63) is 46.5 Å². The minimum atomic E-state index is -1.10. The molecule has 1 aliphatic heterocycles. The van der Waals surface area contributed by atoms with E-state index >= 15 is 0 Å². The molecule has 0 bridgehead atoms. The number of halogens is 1.